The number of nitro groups is 1. The molecule has 9 nitrogen and oxygen atoms in total. The van der Waals surface area contributed by atoms with Crippen LogP contribution in [0.15, 0.2) is 54.9 Å². The van der Waals surface area contributed by atoms with Gasteiger partial charge in [-0.2, -0.15) is 5.10 Å². The number of hydrogen-bond donors (Lipinski definition) is 1. The second kappa shape index (κ2) is 8.83. The lowest BCUT2D eigenvalue weighted by molar-refractivity contribution is -0.384. The number of non-ortho nitro benzene ring substituents is 1. The van der Waals surface area contributed by atoms with Crippen LogP contribution in [-0.4, -0.2) is 49.1 Å². The molecule has 2 heterocycles. The van der Waals surface area contributed by atoms with Crippen molar-refractivity contribution in [3.8, 4) is 5.69 Å². The second-order valence-electron chi connectivity index (χ2n) is 7.53. The minimum Gasteiger partial charge on any atom is -0.324 e. The maximum atomic E-state index is 13.1. The van der Waals surface area contributed by atoms with E-state index in [9.17, 15) is 19.7 Å². The Kier molecular flexibility index (Phi) is 5.95. The first kappa shape index (κ1) is 21.6. The van der Waals surface area contributed by atoms with Crippen LogP contribution in [0.2, 0.25) is 0 Å². The maximum Gasteiger partial charge on any atom is 0.269 e. The van der Waals surface area contributed by atoms with E-state index in [0.29, 0.717) is 28.6 Å². The first-order chi connectivity index (χ1) is 15.3. The number of benzene rings is 2. The number of carbonyl (C=O) groups excluding carboxylic acids is 2. The Balaban J connectivity index is 1.48. The van der Waals surface area contributed by atoms with Gasteiger partial charge in [0.15, 0.2) is 0 Å². The molecule has 1 saturated heterocycles. The minimum absolute atomic E-state index is 0.0241. The molecule has 32 heavy (non-hydrogen) atoms. The molecule has 0 bridgehead atoms. The summed E-state index contributed by atoms with van der Waals surface area (Å²) in [4.78, 5) is 37.9. The molecule has 1 atom stereocenters. The van der Waals surface area contributed by atoms with Crippen molar-refractivity contribution >= 4 is 35.0 Å². The lowest BCUT2D eigenvalue weighted by atomic mass is 10.1. The highest BCUT2D eigenvalue weighted by atomic mass is 32.2. The summed E-state index contributed by atoms with van der Waals surface area (Å²) in [5.41, 5.74) is 3.83. The maximum absolute atomic E-state index is 13.1. The summed E-state index contributed by atoms with van der Waals surface area (Å²) in [6, 6.07) is 11.0. The van der Waals surface area contributed by atoms with Crippen LogP contribution in [0.25, 0.3) is 5.69 Å². The zero-order valence-electron chi connectivity index (χ0n) is 17.5. The molecule has 10 heteroatoms. The summed E-state index contributed by atoms with van der Waals surface area (Å²) in [6.45, 7) is 3.99. The molecule has 2 aromatic carbocycles. The summed E-state index contributed by atoms with van der Waals surface area (Å²) in [5, 5.41) is 17.9. The molecule has 1 unspecified atom stereocenters. The van der Waals surface area contributed by atoms with Gasteiger partial charge in [-0.3, -0.25) is 19.7 Å². The number of rotatable bonds is 5. The Hall–Kier alpha value is -3.66. The van der Waals surface area contributed by atoms with Crippen molar-refractivity contribution in [3.63, 3.8) is 0 Å². The molecule has 3 aromatic rings. The lowest BCUT2D eigenvalue weighted by Crippen LogP contribution is -2.44. The smallest absolute Gasteiger partial charge is 0.269 e. The van der Waals surface area contributed by atoms with E-state index in [1.165, 1.54) is 39.7 Å². The zero-order chi connectivity index (χ0) is 22.8. The van der Waals surface area contributed by atoms with Crippen molar-refractivity contribution < 1.29 is 14.5 Å². The van der Waals surface area contributed by atoms with E-state index in [2.05, 4.69) is 10.4 Å². The molecule has 0 spiro atoms. The lowest BCUT2D eigenvalue weighted by Gasteiger charge is -2.22. The molecule has 1 aromatic heterocycles. The van der Waals surface area contributed by atoms with Crippen LogP contribution >= 0.6 is 11.8 Å². The van der Waals surface area contributed by atoms with E-state index >= 15 is 0 Å². The molecule has 1 fully saturated rings. The molecule has 1 aliphatic heterocycles. The number of thioether (sulfide) groups is 1. The van der Waals surface area contributed by atoms with Gasteiger partial charge >= 0.3 is 0 Å². The fraction of sp³-hybridized carbons (Fsp3) is 0.227. The van der Waals surface area contributed by atoms with Crippen molar-refractivity contribution in [2.75, 3.05) is 16.9 Å². The van der Waals surface area contributed by atoms with Crippen LogP contribution in [0.1, 0.15) is 21.5 Å². The van der Waals surface area contributed by atoms with Gasteiger partial charge in [-0.1, -0.05) is 6.07 Å². The Morgan fingerprint density at radius 3 is 2.59 bits per heavy atom. The van der Waals surface area contributed by atoms with Crippen LogP contribution in [0.5, 0.6) is 0 Å². The monoisotopic (exact) mass is 451 g/mol. The Labute approximate surface area is 188 Å². The highest BCUT2D eigenvalue weighted by Gasteiger charge is 2.35. The topological polar surface area (TPSA) is 110 Å². The second-order valence-corrected chi connectivity index (χ2v) is 8.53. The van der Waals surface area contributed by atoms with Crippen molar-refractivity contribution in [1.29, 1.82) is 0 Å². The quantitative estimate of drug-likeness (QED) is 0.469. The number of hydrogen-bond acceptors (Lipinski definition) is 6. The largest absolute Gasteiger partial charge is 0.324 e. The number of anilines is 1. The predicted octanol–water partition coefficient (Wildman–Crippen LogP) is 3.55. The van der Waals surface area contributed by atoms with Crippen molar-refractivity contribution in [2.45, 2.75) is 19.9 Å². The van der Waals surface area contributed by atoms with Gasteiger partial charge in [0.2, 0.25) is 5.91 Å². The molecule has 2 amide bonds. The first-order valence-corrected chi connectivity index (χ1v) is 11.1. The van der Waals surface area contributed by atoms with Crippen LogP contribution in [0.3, 0.4) is 0 Å². The highest BCUT2D eigenvalue weighted by molar-refractivity contribution is 7.99. The molecule has 0 saturated carbocycles. The number of nitrogens with one attached hydrogen (secondary N) is 1. The van der Waals surface area contributed by atoms with Crippen molar-refractivity contribution in [2.24, 2.45) is 0 Å². The van der Waals surface area contributed by atoms with Crippen LogP contribution in [0, 0.1) is 24.0 Å². The highest BCUT2D eigenvalue weighted by Crippen LogP contribution is 2.25. The third-order valence-electron chi connectivity index (χ3n) is 5.37. The van der Waals surface area contributed by atoms with Gasteiger partial charge in [0, 0.05) is 29.8 Å². The normalized spacial score (nSPS) is 15.6. The summed E-state index contributed by atoms with van der Waals surface area (Å²) >= 11 is 1.52. The average Bonchev–Trinajstić information content (AvgIpc) is 3.46. The Morgan fingerprint density at radius 2 is 1.91 bits per heavy atom. The standard InChI is InChI=1S/C22H21N5O4S/c1-14-3-4-17(9-15(14)2)24-21(28)20-12-32-13-25(20)22(29)16-10-23-26(11-16)18-5-7-19(8-6-18)27(30)31/h3-11,20H,12-13H2,1-2H3,(H,24,28). The Bertz CT molecular complexity index is 1190. The van der Waals surface area contributed by atoms with Crippen LogP contribution in [-0.2, 0) is 4.79 Å². The number of amides is 2. The fourth-order valence-electron chi connectivity index (χ4n) is 3.37. The van der Waals surface area contributed by atoms with Crippen LogP contribution < -0.4 is 5.32 Å². The zero-order valence-corrected chi connectivity index (χ0v) is 18.3. The van der Waals surface area contributed by atoms with E-state index in [4.69, 9.17) is 0 Å². The van der Waals surface area contributed by atoms with E-state index in [1.807, 2.05) is 32.0 Å². The SMILES string of the molecule is Cc1ccc(NC(=O)C2CSCN2C(=O)c2cnn(-c3ccc([N+](=O)[O-])cc3)c2)cc1C. The summed E-state index contributed by atoms with van der Waals surface area (Å²) in [6.07, 6.45) is 3.00. The molecule has 1 aliphatic rings. The summed E-state index contributed by atoms with van der Waals surface area (Å²) in [5.74, 6) is 0.406. The molecular formula is C22H21N5O4S. The Morgan fingerprint density at radius 1 is 1.16 bits per heavy atom. The number of aryl methyl sites for hydroxylation is 2. The molecule has 0 aliphatic carbocycles. The number of nitrogens with zero attached hydrogens (tertiary/aromatic N) is 4. The number of aromatic nitrogens is 2. The van der Waals surface area contributed by atoms with Gasteiger partial charge in [0.1, 0.15) is 6.04 Å². The van der Waals surface area contributed by atoms with Gasteiger partial charge < -0.3 is 10.2 Å². The fourth-order valence-corrected chi connectivity index (χ4v) is 4.53. The third kappa shape index (κ3) is 4.35. The number of nitro benzene ring substituents is 1. The molecular weight excluding hydrogens is 430 g/mol. The molecule has 4 rings (SSSR count). The van der Waals surface area contributed by atoms with E-state index in [-0.39, 0.29) is 17.5 Å². The van der Waals surface area contributed by atoms with E-state index in [0.717, 1.165) is 11.1 Å². The van der Waals surface area contributed by atoms with Crippen molar-refractivity contribution in [1.82, 2.24) is 14.7 Å². The van der Waals surface area contributed by atoms with Crippen LogP contribution in [0.4, 0.5) is 11.4 Å². The van der Waals surface area contributed by atoms with Gasteiger partial charge in [-0.05, 0) is 49.2 Å². The number of carbonyl (C=O) groups is 2. The predicted molar refractivity (Wildman–Crippen MR) is 122 cm³/mol. The van der Waals surface area contributed by atoms with Gasteiger partial charge in [0.05, 0.1) is 28.2 Å². The summed E-state index contributed by atoms with van der Waals surface area (Å²) < 4.78 is 1.48. The third-order valence-corrected chi connectivity index (χ3v) is 6.39. The van der Waals surface area contributed by atoms with E-state index < -0.39 is 11.0 Å². The first-order valence-electron chi connectivity index (χ1n) is 9.90. The van der Waals surface area contributed by atoms with E-state index in [1.54, 1.807) is 18.3 Å². The van der Waals surface area contributed by atoms with Gasteiger partial charge in [-0.25, -0.2) is 4.68 Å². The average molecular weight is 452 g/mol. The van der Waals surface area contributed by atoms with Crippen molar-refractivity contribution in [3.05, 3.63) is 81.7 Å². The molecule has 164 valence electrons. The minimum atomic E-state index is -0.586. The van der Waals surface area contributed by atoms with Gasteiger partial charge in [0.25, 0.3) is 11.6 Å². The molecule has 1 N–H and O–H groups in total. The summed E-state index contributed by atoms with van der Waals surface area (Å²) in [7, 11) is 0. The van der Waals surface area contributed by atoms with Gasteiger partial charge in [-0.15, -0.1) is 11.8 Å². The molecule has 0 radical (unpaired) electrons.